The van der Waals surface area contributed by atoms with E-state index in [0.717, 1.165) is 17.7 Å². The van der Waals surface area contributed by atoms with Crippen molar-refractivity contribution in [3.05, 3.63) is 28.8 Å². The number of halogens is 1. The third kappa shape index (κ3) is 5.76. The summed E-state index contributed by atoms with van der Waals surface area (Å²) in [6.07, 6.45) is 1.45. The van der Waals surface area contributed by atoms with E-state index in [9.17, 15) is 8.42 Å². The highest BCUT2D eigenvalue weighted by Crippen LogP contribution is 2.22. The molecule has 0 aliphatic carbocycles. The molecule has 0 unspecified atom stereocenters. The number of guanidine groups is 1. The number of benzene rings is 1. The van der Waals surface area contributed by atoms with E-state index in [1.165, 1.54) is 4.31 Å². The number of methoxy groups -OCH3 is 1. The quantitative estimate of drug-likeness (QED) is 0.539. The second kappa shape index (κ2) is 9.26. The standard InChI is InChI=1S/C16H25ClN4O3S/c1-18-16(20-8-10-21-9-3-11-25(21,22)23)19-7-6-13-4-5-14(24-2)12-15(13)17/h4-5,12H,3,6-11H2,1-2H3,(H2,18,19,20). The molecular formula is C16H25ClN4O3S. The fourth-order valence-electron chi connectivity index (χ4n) is 2.64. The molecule has 0 aromatic heterocycles. The normalized spacial score (nSPS) is 17.5. The second-order valence-electron chi connectivity index (χ2n) is 5.70. The number of aliphatic imine (C=N–C) groups is 1. The Labute approximate surface area is 154 Å². The Bertz CT molecular complexity index is 709. The molecule has 9 heteroatoms. The summed E-state index contributed by atoms with van der Waals surface area (Å²) in [5, 5.41) is 7.00. The Morgan fingerprint density at radius 3 is 2.72 bits per heavy atom. The molecule has 0 atom stereocenters. The Kier molecular flexibility index (Phi) is 7.34. The van der Waals surface area contributed by atoms with Crippen molar-refractivity contribution >= 4 is 27.6 Å². The van der Waals surface area contributed by atoms with Gasteiger partial charge in [-0.15, -0.1) is 0 Å². The van der Waals surface area contributed by atoms with E-state index in [1.54, 1.807) is 20.2 Å². The first-order valence-corrected chi connectivity index (χ1v) is 10.2. The lowest BCUT2D eigenvalue weighted by molar-refractivity contribution is 0.414. The molecule has 140 valence electrons. The minimum atomic E-state index is -3.05. The van der Waals surface area contributed by atoms with Crippen LogP contribution in [0.25, 0.3) is 0 Å². The number of rotatable bonds is 7. The summed E-state index contributed by atoms with van der Waals surface area (Å²) in [5.74, 6) is 1.63. The lowest BCUT2D eigenvalue weighted by atomic mass is 10.1. The van der Waals surface area contributed by atoms with Crippen molar-refractivity contribution in [2.45, 2.75) is 12.8 Å². The Hall–Kier alpha value is -1.51. The van der Waals surface area contributed by atoms with Gasteiger partial charge in [-0.3, -0.25) is 4.99 Å². The van der Waals surface area contributed by atoms with Crippen molar-refractivity contribution in [3.8, 4) is 5.75 Å². The summed E-state index contributed by atoms with van der Waals surface area (Å²) in [6, 6.07) is 5.61. The van der Waals surface area contributed by atoms with Crippen molar-refractivity contribution in [2.75, 3.05) is 46.1 Å². The smallest absolute Gasteiger partial charge is 0.214 e. The zero-order chi connectivity index (χ0) is 18.3. The van der Waals surface area contributed by atoms with E-state index in [2.05, 4.69) is 15.6 Å². The van der Waals surface area contributed by atoms with Gasteiger partial charge in [0.05, 0.1) is 12.9 Å². The molecule has 25 heavy (non-hydrogen) atoms. The van der Waals surface area contributed by atoms with Crippen LogP contribution in [0.15, 0.2) is 23.2 Å². The first-order chi connectivity index (χ1) is 12.0. The largest absolute Gasteiger partial charge is 0.497 e. The van der Waals surface area contributed by atoms with Crippen LogP contribution in [-0.2, 0) is 16.4 Å². The maximum atomic E-state index is 11.7. The molecule has 0 amide bonds. The van der Waals surface area contributed by atoms with Gasteiger partial charge in [0, 0.05) is 38.2 Å². The molecular weight excluding hydrogens is 364 g/mol. The van der Waals surface area contributed by atoms with E-state index in [4.69, 9.17) is 16.3 Å². The fraction of sp³-hybridized carbons (Fsp3) is 0.562. The maximum Gasteiger partial charge on any atom is 0.214 e. The SMILES string of the molecule is CN=C(NCCc1ccc(OC)cc1Cl)NCCN1CCCS1(=O)=O. The van der Waals surface area contributed by atoms with E-state index in [0.29, 0.717) is 43.6 Å². The number of hydrogen-bond donors (Lipinski definition) is 2. The number of nitrogens with one attached hydrogen (secondary N) is 2. The van der Waals surface area contributed by atoms with Crippen LogP contribution in [0, 0.1) is 0 Å². The van der Waals surface area contributed by atoms with Gasteiger partial charge in [0.2, 0.25) is 10.0 Å². The minimum absolute atomic E-state index is 0.253. The minimum Gasteiger partial charge on any atom is -0.497 e. The molecule has 0 spiro atoms. The molecule has 1 heterocycles. The molecule has 1 aliphatic rings. The van der Waals surface area contributed by atoms with Gasteiger partial charge in [-0.2, -0.15) is 0 Å². The highest BCUT2D eigenvalue weighted by atomic mass is 35.5. The van der Waals surface area contributed by atoms with Crippen molar-refractivity contribution in [1.29, 1.82) is 0 Å². The first kappa shape index (κ1) is 19.8. The highest BCUT2D eigenvalue weighted by Gasteiger charge is 2.27. The van der Waals surface area contributed by atoms with Gasteiger partial charge < -0.3 is 15.4 Å². The van der Waals surface area contributed by atoms with Crippen LogP contribution in [-0.4, -0.2) is 64.8 Å². The molecule has 7 nitrogen and oxygen atoms in total. The van der Waals surface area contributed by atoms with Gasteiger partial charge in [-0.05, 0) is 30.5 Å². The van der Waals surface area contributed by atoms with Gasteiger partial charge in [0.25, 0.3) is 0 Å². The average molecular weight is 389 g/mol. The van der Waals surface area contributed by atoms with Crippen molar-refractivity contribution in [1.82, 2.24) is 14.9 Å². The van der Waals surface area contributed by atoms with Gasteiger partial charge in [0.1, 0.15) is 5.75 Å². The average Bonchev–Trinajstić information content (AvgIpc) is 2.93. The van der Waals surface area contributed by atoms with Gasteiger partial charge in [-0.25, -0.2) is 12.7 Å². The molecule has 1 aromatic carbocycles. The lowest BCUT2D eigenvalue weighted by Gasteiger charge is -2.16. The molecule has 2 rings (SSSR count). The Morgan fingerprint density at radius 2 is 2.12 bits per heavy atom. The predicted octanol–water partition coefficient (Wildman–Crippen LogP) is 1.09. The molecule has 1 fully saturated rings. The summed E-state index contributed by atoms with van der Waals surface area (Å²) >= 11 is 6.22. The Balaban J connectivity index is 1.73. The van der Waals surface area contributed by atoms with Crippen molar-refractivity contribution < 1.29 is 13.2 Å². The maximum absolute atomic E-state index is 11.7. The third-order valence-corrected chi connectivity index (χ3v) is 6.34. The van der Waals surface area contributed by atoms with Gasteiger partial charge in [0.15, 0.2) is 5.96 Å². The van der Waals surface area contributed by atoms with Gasteiger partial charge in [-0.1, -0.05) is 17.7 Å². The predicted molar refractivity (Wildman–Crippen MR) is 101 cm³/mol. The van der Waals surface area contributed by atoms with Crippen LogP contribution in [0.4, 0.5) is 0 Å². The van der Waals surface area contributed by atoms with Gasteiger partial charge >= 0.3 is 0 Å². The summed E-state index contributed by atoms with van der Waals surface area (Å²) < 4.78 is 30.1. The number of ether oxygens (including phenoxy) is 1. The van der Waals surface area contributed by atoms with E-state index < -0.39 is 10.0 Å². The fourth-order valence-corrected chi connectivity index (χ4v) is 4.43. The van der Waals surface area contributed by atoms with E-state index in [-0.39, 0.29) is 5.75 Å². The molecule has 1 saturated heterocycles. The highest BCUT2D eigenvalue weighted by molar-refractivity contribution is 7.89. The third-order valence-electron chi connectivity index (χ3n) is 4.03. The summed E-state index contributed by atoms with van der Waals surface area (Å²) in [4.78, 5) is 4.14. The van der Waals surface area contributed by atoms with E-state index >= 15 is 0 Å². The molecule has 0 radical (unpaired) electrons. The second-order valence-corrected chi connectivity index (χ2v) is 8.20. The Morgan fingerprint density at radius 1 is 1.36 bits per heavy atom. The van der Waals surface area contributed by atoms with Crippen LogP contribution in [0.2, 0.25) is 5.02 Å². The molecule has 1 aliphatic heterocycles. The number of hydrogen-bond acceptors (Lipinski definition) is 4. The van der Waals surface area contributed by atoms with Crippen LogP contribution < -0.4 is 15.4 Å². The molecule has 0 saturated carbocycles. The monoisotopic (exact) mass is 388 g/mol. The molecule has 1 aromatic rings. The molecule has 0 bridgehead atoms. The summed E-state index contributed by atoms with van der Waals surface area (Å²) in [7, 11) is 0.243. The van der Waals surface area contributed by atoms with Crippen LogP contribution in [0.3, 0.4) is 0 Å². The van der Waals surface area contributed by atoms with Crippen LogP contribution in [0.1, 0.15) is 12.0 Å². The number of nitrogens with zero attached hydrogens (tertiary/aromatic N) is 2. The van der Waals surface area contributed by atoms with Crippen molar-refractivity contribution in [2.24, 2.45) is 4.99 Å². The topological polar surface area (TPSA) is 83.0 Å². The van der Waals surface area contributed by atoms with E-state index in [1.807, 2.05) is 12.1 Å². The van der Waals surface area contributed by atoms with Crippen molar-refractivity contribution in [3.63, 3.8) is 0 Å². The summed E-state index contributed by atoms with van der Waals surface area (Å²) in [5.41, 5.74) is 1.02. The number of sulfonamides is 1. The van der Waals surface area contributed by atoms with Crippen LogP contribution >= 0.6 is 11.6 Å². The lowest BCUT2D eigenvalue weighted by Crippen LogP contribution is -2.42. The zero-order valence-corrected chi connectivity index (χ0v) is 16.2. The first-order valence-electron chi connectivity index (χ1n) is 8.21. The summed E-state index contributed by atoms with van der Waals surface area (Å²) in [6.45, 7) is 2.23. The van der Waals surface area contributed by atoms with Crippen LogP contribution in [0.5, 0.6) is 5.75 Å². The molecule has 2 N–H and O–H groups in total. The zero-order valence-electron chi connectivity index (χ0n) is 14.6.